The van der Waals surface area contributed by atoms with E-state index in [1.165, 1.54) is 0 Å². The number of likely N-dealkylation sites (tertiary alicyclic amines) is 1. The molecule has 0 saturated carbocycles. The summed E-state index contributed by atoms with van der Waals surface area (Å²) >= 11 is 0. The van der Waals surface area contributed by atoms with Crippen LogP contribution in [0.15, 0.2) is 78.9 Å². The molecule has 0 aromatic heterocycles. The van der Waals surface area contributed by atoms with Crippen LogP contribution in [0.4, 0.5) is 5.69 Å². The third-order valence-corrected chi connectivity index (χ3v) is 5.80. The Hall–Kier alpha value is -3.93. The zero-order chi connectivity index (χ0) is 23.2. The first kappa shape index (κ1) is 22.3. The van der Waals surface area contributed by atoms with E-state index in [1.807, 2.05) is 54.3 Å². The molecule has 0 aliphatic carbocycles. The normalized spacial score (nSPS) is 14.1. The molecule has 0 bridgehead atoms. The van der Waals surface area contributed by atoms with E-state index in [2.05, 4.69) is 10.6 Å². The molecule has 1 saturated heterocycles. The van der Waals surface area contributed by atoms with Gasteiger partial charge >= 0.3 is 0 Å². The number of nitrogens with one attached hydrogen (secondary N) is 2. The number of benzene rings is 3. The lowest BCUT2D eigenvalue weighted by Crippen LogP contribution is -2.28. The summed E-state index contributed by atoms with van der Waals surface area (Å²) in [6, 6.07) is 23.7. The van der Waals surface area contributed by atoms with Crippen molar-refractivity contribution in [3.05, 3.63) is 101 Å². The SMILES string of the molecule is CC(NC(=O)c1ccccc1NC(=O)c1cccc(CN2CCCC2=O)c1)c1ccccc1. The fourth-order valence-electron chi connectivity index (χ4n) is 3.99. The van der Waals surface area contributed by atoms with Crippen molar-refractivity contribution in [1.29, 1.82) is 0 Å². The van der Waals surface area contributed by atoms with Crippen LogP contribution < -0.4 is 10.6 Å². The molecule has 3 aromatic rings. The Morgan fingerprint density at radius 2 is 1.70 bits per heavy atom. The van der Waals surface area contributed by atoms with Gasteiger partial charge in [0.15, 0.2) is 0 Å². The van der Waals surface area contributed by atoms with Crippen molar-refractivity contribution in [2.45, 2.75) is 32.4 Å². The van der Waals surface area contributed by atoms with Crippen LogP contribution in [0.25, 0.3) is 0 Å². The van der Waals surface area contributed by atoms with Crippen LogP contribution in [0.3, 0.4) is 0 Å². The summed E-state index contributed by atoms with van der Waals surface area (Å²) in [5.74, 6) is -0.418. The van der Waals surface area contributed by atoms with E-state index >= 15 is 0 Å². The van der Waals surface area contributed by atoms with Gasteiger partial charge in [-0.1, -0.05) is 54.6 Å². The minimum absolute atomic E-state index is 0.148. The van der Waals surface area contributed by atoms with Gasteiger partial charge in [0.1, 0.15) is 0 Å². The molecular formula is C27H27N3O3. The van der Waals surface area contributed by atoms with Crippen molar-refractivity contribution in [3.8, 4) is 0 Å². The first-order valence-electron chi connectivity index (χ1n) is 11.1. The summed E-state index contributed by atoms with van der Waals surface area (Å²) in [6.45, 7) is 3.17. The molecule has 168 valence electrons. The minimum atomic E-state index is -0.305. The minimum Gasteiger partial charge on any atom is -0.345 e. The molecule has 0 radical (unpaired) electrons. The van der Waals surface area contributed by atoms with Crippen LogP contribution in [-0.2, 0) is 11.3 Å². The fourth-order valence-corrected chi connectivity index (χ4v) is 3.99. The van der Waals surface area contributed by atoms with Gasteiger partial charge in [-0.25, -0.2) is 0 Å². The van der Waals surface area contributed by atoms with Gasteiger partial charge in [0.05, 0.1) is 17.3 Å². The highest BCUT2D eigenvalue weighted by atomic mass is 16.2. The van der Waals surface area contributed by atoms with Crippen molar-refractivity contribution in [2.24, 2.45) is 0 Å². The van der Waals surface area contributed by atoms with E-state index in [9.17, 15) is 14.4 Å². The molecule has 4 rings (SSSR count). The summed E-state index contributed by atoms with van der Waals surface area (Å²) in [5, 5.41) is 5.86. The number of anilines is 1. The van der Waals surface area contributed by atoms with E-state index in [0.717, 1.165) is 24.1 Å². The number of carbonyl (C=O) groups excluding carboxylic acids is 3. The summed E-state index contributed by atoms with van der Waals surface area (Å²) in [5.41, 5.74) is 3.22. The lowest BCUT2D eigenvalue weighted by atomic mass is 10.1. The predicted octanol–water partition coefficient (Wildman–Crippen LogP) is 4.55. The molecule has 33 heavy (non-hydrogen) atoms. The Labute approximate surface area is 193 Å². The number of rotatable bonds is 7. The highest BCUT2D eigenvalue weighted by Crippen LogP contribution is 2.20. The van der Waals surface area contributed by atoms with Gasteiger partial charge in [0, 0.05) is 25.1 Å². The molecule has 2 N–H and O–H groups in total. The van der Waals surface area contributed by atoms with Crippen molar-refractivity contribution in [2.75, 3.05) is 11.9 Å². The first-order valence-corrected chi connectivity index (χ1v) is 11.1. The Bertz CT molecular complexity index is 1160. The van der Waals surface area contributed by atoms with E-state index in [-0.39, 0.29) is 23.8 Å². The monoisotopic (exact) mass is 441 g/mol. The summed E-state index contributed by atoms with van der Waals surface area (Å²) in [7, 11) is 0. The number of para-hydroxylation sites is 1. The molecular weight excluding hydrogens is 414 g/mol. The van der Waals surface area contributed by atoms with Gasteiger partial charge in [-0.3, -0.25) is 14.4 Å². The predicted molar refractivity (Wildman–Crippen MR) is 128 cm³/mol. The highest BCUT2D eigenvalue weighted by Gasteiger charge is 2.21. The maximum atomic E-state index is 13.0. The van der Waals surface area contributed by atoms with Crippen molar-refractivity contribution in [3.63, 3.8) is 0 Å². The van der Waals surface area contributed by atoms with E-state index < -0.39 is 0 Å². The Morgan fingerprint density at radius 3 is 2.45 bits per heavy atom. The standard InChI is InChI=1S/C27H27N3O3/c1-19(21-10-3-2-4-11-21)28-27(33)23-13-5-6-14-24(23)29-26(32)22-12-7-9-20(17-22)18-30-16-8-15-25(30)31/h2-7,9-14,17,19H,8,15-16,18H2,1H3,(H,28,33)(H,29,32). The van der Waals surface area contributed by atoms with E-state index in [1.54, 1.807) is 36.4 Å². The van der Waals surface area contributed by atoms with E-state index in [4.69, 9.17) is 0 Å². The third-order valence-electron chi connectivity index (χ3n) is 5.80. The maximum Gasteiger partial charge on any atom is 0.255 e. The van der Waals surface area contributed by atoms with Gasteiger partial charge in [-0.15, -0.1) is 0 Å². The van der Waals surface area contributed by atoms with Crippen LogP contribution in [-0.4, -0.2) is 29.2 Å². The lowest BCUT2D eigenvalue weighted by Gasteiger charge is -2.17. The topological polar surface area (TPSA) is 78.5 Å². The van der Waals surface area contributed by atoms with Gasteiger partial charge in [0.25, 0.3) is 11.8 Å². The van der Waals surface area contributed by atoms with Crippen molar-refractivity contribution < 1.29 is 14.4 Å². The van der Waals surface area contributed by atoms with E-state index in [0.29, 0.717) is 29.8 Å². The molecule has 0 spiro atoms. The number of hydrogen-bond donors (Lipinski definition) is 2. The molecule has 3 aromatic carbocycles. The summed E-state index contributed by atoms with van der Waals surface area (Å²) in [4.78, 5) is 39.6. The van der Waals surface area contributed by atoms with Crippen molar-refractivity contribution in [1.82, 2.24) is 10.2 Å². The summed E-state index contributed by atoms with van der Waals surface area (Å²) < 4.78 is 0. The highest BCUT2D eigenvalue weighted by molar-refractivity contribution is 6.09. The lowest BCUT2D eigenvalue weighted by molar-refractivity contribution is -0.128. The molecule has 1 heterocycles. The average Bonchev–Trinajstić information content (AvgIpc) is 3.24. The van der Waals surface area contributed by atoms with Crippen LogP contribution in [0.5, 0.6) is 0 Å². The smallest absolute Gasteiger partial charge is 0.255 e. The molecule has 1 aliphatic rings. The number of amides is 3. The van der Waals surface area contributed by atoms with Crippen LogP contribution in [0, 0.1) is 0 Å². The Kier molecular flexibility index (Phi) is 6.83. The van der Waals surface area contributed by atoms with Gasteiger partial charge < -0.3 is 15.5 Å². The third kappa shape index (κ3) is 5.47. The largest absolute Gasteiger partial charge is 0.345 e. The first-order chi connectivity index (χ1) is 16.0. The van der Waals surface area contributed by atoms with Gasteiger partial charge in [0.2, 0.25) is 5.91 Å². The zero-order valence-corrected chi connectivity index (χ0v) is 18.6. The maximum absolute atomic E-state index is 13.0. The Balaban J connectivity index is 1.46. The molecule has 1 aliphatic heterocycles. The number of hydrogen-bond acceptors (Lipinski definition) is 3. The quantitative estimate of drug-likeness (QED) is 0.565. The average molecular weight is 442 g/mol. The number of carbonyl (C=O) groups is 3. The fraction of sp³-hybridized carbons (Fsp3) is 0.222. The molecule has 1 atom stereocenters. The Morgan fingerprint density at radius 1 is 0.939 bits per heavy atom. The molecule has 1 fully saturated rings. The molecule has 3 amide bonds. The molecule has 1 unspecified atom stereocenters. The number of nitrogens with zero attached hydrogens (tertiary/aromatic N) is 1. The van der Waals surface area contributed by atoms with Gasteiger partial charge in [-0.05, 0) is 48.7 Å². The van der Waals surface area contributed by atoms with Crippen LogP contribution in [0.1, 0.15) is 57.7 Å². The van der Waals surface area contributed by atoms with Crippen LogP contribution >= 0.6 is 0 Å². The zero-order valence-electron chi connectivity index (χ0n) is 18.6. The summed E-state index contributed by atoms with van der Waals surface area (Å²) in [6.07, 6.45) is 1.46. The molecule has 6 nitrogen and oxygen atoms in total. The molecule has 6 heteroatoms. The van der Waals surface area contributed by atoms with Crippen molar-refractivity contribution >= 4 is 23.4 Å². The second-order valence-corrected chi connectivity index (χ2v) is 8.22. The second-order valence-electron chi connectivity index (χ2n) is 8.22. The van der Waals surface area contributed by atoms with Gasteiger partial charge in [-0.2, -0.15) is 0 Å². The second kappa shape index (κ2) is 10.1. The van der Waals surface area contributed by atoms with Crippen LogP contribution in [0.2, 0.25) is 0 Å².